The Hall–Kier alpha value is -1.35. The molecule has 0 atom stereocenters. The third-order valence-corrected chi connectivity index (χ3v) is 2.54. The second-order valence-corrected chi connectivity index (χ2v) is 3.68. The van der Waals surface area contributed by atoms with E-state index in [0.29, 0.717) is 0 Å². The Labute approximate surface area is 104 Å². The first-order valence-corrected chi connectivity index (χ1v) is 6.12. The van der Waals surface area contributed by atoms with E-state index in [0.717, 1.165) is 5.56 Å². The van der Waals surface area contributed by atoms with Crippen molar-refractivity contribution < 1.29 is 9.90 Å². The molecule has 0 saturated heterocycles. The van der Waals surface area contributed by atoms with Crippen LogP contribution in [-0.4, -0.2) is 35.6 Å². The van der Waals surface area contributed by atoms with Gasteiger partial charge in [-0.15, -0.1) is 0 Å². The first-order valence-electron chi connectivity index (χ1n) is 6.12. The van der Waals surface area contributed by atoms with Crippen LogP contribution in [0.1, 0.15) is 26.3 Å². The SMILES string of the molecule is CCN(CC)CC.O=C(O)Cc1ccccc1. The molecule has 0 fully saturated rings. The summed E-state index contributed by atoms with van der Waals surface area (Å²) in [5.41, 5.74) is 0.843. The molecule has 0 aromatic heterocycles. The zero-order valence-electron chi connectivity index (χ0n) is 11.0. The van der Waals surface area contributed by atoms with E-state index in [1.165, 1.54) is 19.6 Å². The average Bonchev–Trinajstić information content (AvgIpc) is 2.32. The summed E-state index contributed by atoms with van der Waals surface area (Å²) in [6.07, 6.45) is 0.112. The van der Waals surface area contributed by atoms with Crippen LogP contribution < -0.4 is 0 Å². The lowest BCUT2D eigenvalue weighted by Crippen LogP contribution is -2.21. The van der Waals surface area contributed by atoms with Gasteiger partial charge in [-0.25, -0.2) is 0 Å². The first-order chi connectivity index (χ1) is 8.13. The van der Waals surface area contributed by atoms with E-state index < -0.39 is 5.97 Å². The standard InChI is InChI=1S/C8H8O2.C6H15N/c9-8(10)6-7-4-2-1-3-5-7;1-4-7(5-2)6-3/h1-5H,6H2,(H,9,10);4-6H2,1-3H3. The van der Waals surface area contributed by atoms with Gasteiger partial charge in [0.05, 0.1) is 6.42 Å². The molecule has 17 heavy (non-hydrogen) atoms. The number of hydrogen-bond acceptors (Lipinski definition) is 2. The molecule has 3 heteroatoms. The third-order valence-electron chi connectivity index (χ3n) is 2.54. The largest absolute Gasteiger partial charge is 0.481 e. The van der Waals surface area contributed by atoms with Crippen LogP contribution in [-0.2, 0) is 11.2 Å². The normalized spacial score (nSPS) is 9.65. The van der Waals surface area contributed by atoms with Crippen LogP contribution in [0.3, 0.4) is 0 Å². The monoisotopic (exact) mass is 237 g/mol. The van der Waals surface area contributed by atoms with Crippen molar-refractivity contribution in [1.29, 1.82) is 0 Å². The quantitative estimate of drug-likeness (QED) is 0.856. The number of rotatable bonds is 5. The Kier molecular flexibility index (Phi) is 9.06. The van der Waals surface area contributed by atoms with Gasteiger partial charge in [-0.2, -0.15) is 0 Å². The molecule has 3 nitrogen and oxygen atoms in total. The van der Waals surface area contributed by atoms with E-state index in [9.17, 15) is 4.79 Å². The highest BCUT2D eigenvalue weighted by Crippen LogP contribution is 1.98. The first kappa shape index (κ1) is 15.7. The minimum absolute atomic E-state index is 0.112. The van der Waals surface area contributed by atoms with Gasteiger partial charge in [0.15, 0.2) is 0 Å². The van der Waals surface area contributed by atoms with Gasteiger partial charge in [0, 0.05) is 0 Å². The van der Waals surface area contributed by atoms with Crippen molar-refractivity contribution in [3.8, 4) is 0 Å². The fourth-order valence-electron chi connectivity index (χ4n) is 1.44. The van der Waals surface area contributed by atoms with Crippen LogP contribution in [0.2, 0.25) is 0 Å². The molecule has 0 bridgehead atoms. The van der Waals surface area contributed by atoms with Gasteiger partial charge in [-0.1, -0.05) is 51.1 Å². The molecule has 0 amide bonds. The summed E-state index contributed by atoms with van der Waals surface area (Å²) in [5.74, 6) is -0.786. The van der Waals surface area contributed by atoms with Crippen LogP contribution in [0, 0.1) is 0 Å². The van der Waals surface area contributed by atoms with E-state index in [2.05, 4.69) is 25.7 Å². The summed E-state index contributed by atoms with van der Waals surface area (Å²) in [6, 6.07) is 9.13. The van der Waals surface area contributed by atoms with Crippen LogP contribution in [0.4, 0.5) is 0 Å². The Morgan fingerprint density at radius 3 is 1.82 bits per heavy atom. The molecule has 0 radical (unpaired) electrons. The topological polar surface area (TPSA) is 40.5 Å². The van der Waals surface area contributed by atoms with Gasteiger partial charge < -0.3 is 10.0 Å². The molecule has 0 aliphatic carbocycles. The maximum absolute atomic E-state index is 10.2. The highest BCUT2D eigenvalue weighted by atomic mass is 16.4. The molecule has 1 N–H and O–H groups in total. The molecule has 0 aliphatic rings. The summed E-state index contributed by atoms with van der Waals surface area (Å²) in [6.45, 7) is 10.1. The highest BCUT2D eigenvalue weighted by Gasteiger charge is 1.96. The fourth-order valence-corrected chi connectivity index (χ4v) is 1.44. The summed E-state index contributed by atoms with van der Waals surface area (Å²) in [5, 5.41) is 8.37. The molecule has 1 aromatic rings. The van der Waals surface area contributed by atoms with Gasteiger partial charge in [-0.3, -0.25) is 4.79 Å². The molecule has 96 valence electrons. The predicted molar refractivity (Wildman–Crippen MR) is 71.2 cm³/mol. The maximum Gasteiger partial charge on any atom is 0.307 e. The lowest BCUT2D eigenvalue weighted by atomic mass is 10.2. The molecule has 1 rings (SSSR count). The Morgan fingerprint density at radius 2 is 1.53 bits per heavy atom. The molecule has 1 aromatic carbocycles. The average molecular weight is 237 g/mol. The fraction of sp³-hybridized carbons (Fsp3) is 0.500. The summed E-state index contributed by atoms with van der Waals surface area (Å²) in [4.78, 5) is 12.5. The molecule has 0 aliphatic heterocycles. The lowest BCUT2D eigenvalue weighted by Gasteiger charge is -2.13. The molecule has 0 unspecified atom stereocenters. The number of carboxylic acids is 1. The van der Waals surface area contributed by atoms with E-state index >= 15 is 0 Å². The highest BCUT2D eigenvalue weighted by molar-refractivity contribution is 5.70. The van der Waals surface area contributed by atoms with Gasteiger partial charge in [0.2, 0.25) is 0 Å². The Morgan fingerprint density at radius 1 is 1.06 bits per heavy atom. The number of aliphatic carboxylic acids is 1. The molecule has 0 spiro atoms. The van der Waals surface area contributed by atoms with Crippen molar-refractivity contribution in [1.82, 2.24) is 4.90 Å². The summed E-state index contributed by atoms with van der Waals surface area (Å²) < 4.78 is 0. The minimum atomic E-state index is -0.786. The van der Waals surface area contributed by atoms with Gasteiger partial charge in [0.1, 0.15) is 0 Å². The van der Waals surface area contributed by atoms with Crippen molar-refractivity contribution >= 4 is 5.97 Å². The molecule has 0 heterocycles. The number of carbonyl (C=O) groups is 1. The zero-order valence-corrected chi connectivity index (χ0v) is 11.0. The third kappa shape index (κ3) is 8.46. The van der Waals surface area contributed by atoms with Crippen LogP contribution in [0.5, 0.6) is 0 Å². The number of nitrogens with zero attached hydrogens (tertiary/aromatic N) is 1. The van der Waals surface area contributed by atoms with Crippen LogP contribution in [0.25, 0.3) is 0 Å². The predicted octanol–water partition coefficient (Wildman–Crippen LogP) is 2.66. The molecular weight excluding hydrogens is 214 g/mol. The van der Waals surface area contributed by atoms with E-state index in [1.807, 2.05) is 18.2 Å². The smallest absolute Gasteiger partial charge is 0.307 e. The molecule has 0 saturated carbocycles. The second-order valence-electron chi connectivity index (χ2n) is 3.68. The van der Waals surface area contributed by atoms with Crippen molar-refractivity contribution in [2.75, 3.05) is 19.6 Å². The van der Waals surface area contributed by atoms with Crippen molar-refractivity contribution in [2.45, 2.75) is 27.2 Å². The van der Waals surface area contributed by atoms with E-state index in [-0.39, 0.29) is 6.42 Å². The molecular formula is C14H23NO2. The summed E-state index contributed by atoms with van der Waals surface area (Å²) in [7, 11) is 0. The maximum atomic E-state index is 10.2. The Balaban J connectivity index is 0.000000325. The van der Waals surface area contributed by atoms with Crippen molar-refractivity contribution in [3.63, 3.8) is 0 Å². The Bertz CT molecular complexity index is 289. The van der Waals surface area contributed by atoms with Gasteiger partial charge >= 0.3 is 5.97 Å². The summed E-state index contributed by atoms with van der Waals surface area (Å²) >= 11 is 0. The van der Waals surface area contributed by atoms with E-state index in [1.54, 1.807) is 12.1 Å². The van der Waals surface area contributed by atoms with E-state index in [4.69, 9.17) is 5.11 Å². The second kappa shape index (κ2) is 9.85. The lowest BCUT2D eigenvalue weighted by molar-refractivity contribution is -0.136. The van der Waals surface area contributed by atoms with Crippen molar-refractivity contribution in [3.05, 3.63) is 35.9 Å². The van der Waals surface area contributed by atoms with Crippen molar-refractivity contribution in [2.24, 2.45) is 0 Å². The van der Waals surface area contributed by atoms with Gasteiger partial charge in [0.25, 0.3) is 0 Å². The van der Waals surface area contributed by atoms with Crippen LogP contribution in [0.15, 0.2) is 30.3 Å². The minimum Gasteiger partial charge on any atom is -0.481 e. The number of benzene rings is 1. The van der Waals surface area contributed by atoms with Gasteiger partial charge in [-0.05, 0) is 25.2 Å². The number of hydrogen-bond donors (Lipinski definition) is 1. The number of carboxylic acid groups (broad SMARTS) is 1. The van der Waals surface area contributed by atoms with Crippen LogP contribution >= 0.6 is 0 Å². The zero-order chi connectivity index (χ0) is 13.1.